The molecule has 1 aromatic heterocycles. The van der Waals surface area contributed by atoms with Gasteiger partial charge in [0, 0.05) is 13.0 Å². The summed E-state index contributed by atoms with van der Waals surface area (Å²) in [5.74, 6) is -0.0490. The smallest absolute Gasteiger partial charge is 0.309 e. The largest absolute Gasteiger partial charge is 0.416 e. The minimum Gasteiger partial charge on any atom is -0.309 e. The Morgan fingerprint density at radius 1 is 1.25 bits per heavy atom. The van der Waals surface area contributed by atoms with Gasteiger partial charge in [0.15, 0.2) is 11.6 Å². The van der Waals surface area contributed by atoms with Gasteiger partial charge in [0.05, 0.1) is 22.7 Å². The minimum atomic E-state index is -4.59. The predicted octanol–water partition coefficient (Wildman–Crippen LogP) is 4.13. The molecule has 1 aromatic carbocycles. The van der Waals surface area contributed by atoms with Crippen LogP contribution in [0.2, 0.25) is 10.0 Å². The molecule has 0 aliphatic rings. The van der Waals surface area contributed by atoms with E-state index in [1.807, 2.05) is 0 Å². The van der Waals surface area contributed by atoms with Gasteiger partial charge in [-0.3, -0.25) is 9.63 Å². The van der Waals surface area contributed by atoms with Crippen molar-refractivity contribution in [1.82, 2.24) is 9.78 Å². The van der Waals surface area contributed by atoms with Crippen LogP contribution in [0.5, 0.6) is 0 Å². The fraction of sp³-hybridized carbons (Fsp3) is 0.231. The number of carbonyl (C=O) groups excluding carboxylic acids is 1. The second-order valence-electron chi connectivity index (χ2n) is 4.60. The molecule has 0 saturated heterocycles. The van der Waals surface area contributed by atoms with E-state index in [2.05, 4.69) is 15.9 Å². The third kappa shape index (κ3) is 3.92. The minimum absolute atomic E-state index is 0.00230. The lowest BCUT2D eigenvalue weighted by Crippen LogP contribution is -2.10. The fourth-order valence-electron chi connectivity index (χ4n) is 1.90. The van der Waals surface area contributed by atoms with E-state index in [1.54, 1.807) is 0 Å². The van der Waals surface area contributed by atoms with Crippen molar-refractivity contribution < 1.29 is 22.8 Å². The summed E-state index contributed by atoms with van der Waals surface area (Å²) in [6.45, 7) is 1.28. The molecule has 0 fully saturated rings. The molecule has 6 nitrogen and oxygen atoms in total. The summed E-state index contributed by atoms with van der Waals surface area (Å²) in [5, 5.41) is 5.94. The van der Waals surface area contributed by atoms with Gasteiger partial charge in [0.1, 0.15) is 5.69 Å². The molecule has 0 aliphatic heterocycles. The quantitative estimate of drug-likeness (QED) is 0.780. The molecule has 0 unspecified atom stereocenters. The van der Waals surface area contributed by atoms with Gasteiger partial charge >= 0.3 is 6.18 Å². The molecule has 11 heteroatoms. The average molecular weight is 383 g/mol. The van der Waals surface area contributed by atoms with Crippen LogP contribution in [0.15, 0.2) is 18.2 Å². The monoisotopic (exact) mass is 382 g/mol. The van der Waals surface area contributed by atoms with Gasteiger partial charge in [-0.15, -0.1) is 5.10 Å². The number of hydrogen-bond acceptors (Lipinski definition) is 4. The number of amides is 1. The predicted molar refractivity (Wildman–Crippen MR) is 83.5 cm³/mol. The van der Waals surface area contributed by atoms with Gasteiger partial charge in [-0.25, -0.2) is 10.2 Å². The van der Waals surface area contributed by atoms with Crippen LogP contribution in [-0.2, 0) is 15.8 Å². The molecule has 24 heavy (non-hydrogen) atoms. The first kappa shape index (κ1) is 18.4. The molecular formula is C13H11Cl2F3N4O2. The Morgan fingerprint density at radius 2 is 1.83 bits per heavy atom. The SMILES string of the molecule is CONc1cc(NC(C)=O)nn1-c1c(Cl)cc(C(F)(F)F)cc1Cl. The Labute approximate surface area is 144 Å². The average Bonchev–Trinajstić information content (AvgIpc) is 2.79. The van der Waals surface area contributed by atoms with Crippen molar-refractivity contribution in [2.75, 3.05) is 17.9 Å². The number of alkyl halides is 3. The zero-order valence-electron chi connectivity index (χ0n) is 12.3. The van der Waals surface area contributed by atoms with Gasteiger partial charge in [-0.1, -0.05) is 23.2 Å². The van der Waals surface area contributed by atoms with E-state index in [-0.39, 0.29) is 33.3 Å². The Balaban J connectivity index is 2.58. The van der Waals surface area contributed by atoms with Gasteiger partial charge in [0.2, 0.25) is 5.91 Å². The molecule has 1 amide bonds. The maximum atomic E-state index is 12.8. The highest BCUT2D eigenvalue weighted by atomic mass is 35.5. The molecule has 0 spiro atoms. The Kier molecular flexibility index (Phi) is 5.26. The summed E-state index contributed by atoms with van der Waals surface area (Å²) in [6.07, 6.45) is -4.59. The first-order chi connectivity index (χ1) is 11.1. The van der Waals surface area contributed by atoms with E-state index < -0.39 is 11.7 Å². The first-order valence-electron chi connectivity index (χ1n) is 6.36. The normalized spacial score (nSPS) is 11.5. The number of carbonyl (C=O) groups is 1. The zero-order chi connectivity index (χ0) is 18.1. The molecule has 2 aromatic rings. The molecule has 1 heterocycles. The molecular weight excluding hydrogens is 372 g/mol. The Hall–Kier alpha value is -1.97. The summed E-state index contributed by atoms with van der Waals surface area (Å²) < 4.78 is 39.6. The highest BCUT2D eigenvalue weighted by Crippen LogP contribution is 2.38. The van der Waals surface area contributed by atoms with E-state index >= 15 is 0 Å². The van der Waals surface area contributed by atoms with Gasteiger partial charge in [-0.05, 0) is 12.1 Å². The highest BCUT2D eigenvalue weighted by Gasteiger charge is 2.32. The Bertz CT molecular complexity index is 754. The third-order valence-corrected chi connectivity index (χ3v) is 3.35. The topological polar surface area (TPSA) is 68.2 Å². The van der Waals surface area contributed by atoms with Crippen molar-refractivity contribution in [3.05, 3.63) is 33.8 Å². The van der Waals surface area contributed by atoms with Crippen molar-refractivity contribution >= 4 is 40.7 Å². The van der Waals surface area contributed by atoms with Crippen molar-refractivity contribution in [3.63, 3.8) is 0 Å². The van der Waals surface area contributed by atoms with Crippen LogP contribution in [-0.4, -0.2) is 22.8 Å². The van der Waals surface area contributed by atoms with Crippen LogP contribution < -0.4 is 10.8 Å². The van der Waals surface area contributed by atoms with Crippen LogP contribution in [0, 0.1) is 0 Å². The van der Waals surface area contributed by atoms with Crippen molar-refractivity contribution in [2.24, 2.45) is 0 Å². The summed E-state index contributed by atoms with van der Waals surface area (Å²) in [7, 11) is 1.32. The van der Waals surface area contributed by atoms with E-state index in [0.717, 1.165) is 16.8 Å². The second-order valence-corrected chi connectivity index (χ2v) is 5.41. The summed E-state index contributed by atoms with van der Waals surface area (Å²) in [6, 6.07) is 2.87. The number of rotatable bonds is 4. The number of nitrogens with zero attached hydrogens (tertiary/aromatic N) is 2. The molecule has 2 N–H and O–H groups in total. The van der Waals surface area contributed by atoms with Crippen LogP contribution >= 0.6 is 23.2 Å². The van der Waals surface area contributed by atoms with Crippen molar-refractivity contribution in [1.29, 1.82) is 0 Å². The zero-order valence-corrected chi connectivity index (χ0v) is 13.8. The number of aromatic nitrogens is 2. The maximum Gasteiger partial charge on any atom is 0.416 e. The summed E-state index contributed by atoms with van der Waals surface area (Å²) in [4.78, 5) is 15.9. The first-order valence-corrected chi connectivity index (χ1v) is 7.12. The van der Waals surface area contributed by atoms with E-state index in [1.165, 1.54) is 20.1 Å². The molecule has 0 radical (unpaired) electrons. The molecule has 0 aliphatic carbocycles. The number of benzene rings is 1. The van der Waals surface area contributed by atoms with Crippen LogP contribution in [0.25, 0.3) is 5.69 Å². The van der Waals surface area contributed by atoms with Crippen LogP contribution in [0.3, 0.4) is 0 Å². The van der Waals surface area contributed by atoms with Crippen LogP contribution in [0.1, 0.15) is 12.5 Å². The van der Waals surface area contributed by atoms with Crippen LogP contribution in [0.4, 0.5) is 24.8 Å². The fourth-order valence-corrected chi connectivity index (χ4v) is 2.55. The number of anilines is 2. The molecule has 0 atom stereocenters. The maximum absolute atomic E-state index is 12.8. The van der Waals surface area contributed by atoms with E-state index in [4.69, 9.17) is 28.0 Å². The summed E-state index contributed by atoms with van der Waals surface area (Å²) in [5.41, 5.74) is 1.49. The second kappa shape index (κ2) is 6.88. The molecule has 0 saturated carbocycles. The van der Waals surface area contributed by atoms with Gasteiger partial charge in [-0.2, -0.15) is 13.2 Å². The number of nitrogens with one attached hydrogen (secondary N) is 2. The number of hydrogen-bond donors (Lipinski definition) is 2. The van der Waals surface area contributed by atoms with Gasteiger partial charge in [0.25, 0.3) is 0 Å². The molecule has 0 bridgehead atoms. The van der Waals surface area contributed by atoms with E-state index in [9.17, 15) is 18.0 Å². The van der Waals surface area contributed by atoms with Gasteiger partial charge < -0.3 is 5.32 Å². The van der Waals surface area contributed by atoms with E-state index in [0.29, 0.717) is 0 Å². The van der Waals surface area contributed by atoms with Crippen molar-refractivity contribution in [3.8, 4) is 5.69 Å². The lowest BCUT2D eigenvalue weighted by molar-refractivity contribution is -0.137. The van der Waals surface area contributed by atoms with Crippen molar-refractivity contribution in [2.45, 2.75) is 13.1 Å². The molecule has 2 rings (SSSR count). The number of halogens is 5. The summed E-state index contributed by atoms with van der Waals surface area (Å²) >= 11 is 11.9. The lowest BCUT2D eigenvalue weighted by atomic mass is 10.2. The lowest BCUT2D eigenvalue weighted by Gasteiger charge is -2.14. The third-order valence-electron chi connectivity index (χ3n) is 2.78. The highest BCUT2D eigenvalue weighted by molar-refractivity contribution is 6.38. The molecule has 130 valence electrons. The standard InChI is InChI=1S/C13H11Cl2F3N4O2/c1-6(23)19-10-5-11(21-24-2)22(20-10)12-8(14)3-7(4-9(12)15)13(16,17)18/h3-5,21H,1-2H3,(H,19,20,23). The Morgan fingerprint density at radius 3 is 2.29 bits per heavy atom.